The number of carbonyl (C=O) groups is 4. The quantitative estimate of drug-likeness (QED) is 0.0122. The molecule has 70 heavy (non-hydrogen) atoms. The molecule has 19 nitrogen and oxygen atoms in total. The molecule has 0 aromatic rings. The molecule has 0 aliphatic rings. The van der Waals surface area contributed by atoms with E-state index in [1.165, 1.54) is 122 Å². The van der Waals surface area contributed by atoms with E-state index >= 15 is 0 Å². The van der Waals surface area contributed by atoms with E-state index in [1.807, 2.05) is 0 Å². The number of phosphoric ester groups is 1. The second-order valence-electron chi connectivity index (χ2n) is 18.3. The van der Waals surface area contributed by atoms with Gasteiger partial charge < -0.3 is 49.7 Å². The minimum atomic E-state index is -5.59. The number of aliphatic hydroxyl groups is 1. The number of hydrogen-bond acceptors (Lipinski definition) is 12. The summed E-state index contributed by atoms with van der Waals surface area (Å²) in [6.07, 6.45) is 31.5. The second-order valence-corrected chi connectivity index (χ2v) is 23.7. The minimum Gasteiger partial charge on any atom is -0.462 e. The standard InChI is InChI=1S/C48H93N2O17P3/c1-3-5-7-9-11-13-15-17-19-21-23-25-30-35-46(53)64-41-43(67-47(54)36-31-26-24-22-20-18-16-14-12-10-8-6-4-2)42-66-70(62,63)65-40-39-50-45(52)34-29-27-28-33-44(51)49-38-32-37-48(55,68(56,57)58)69(59,60)61/h28,33,43,55H,3-27,29-32,34-42H2,1-2H3,(H,49,51)(H,50,52)(H,62,63)(H2,56,57,58)(H2,59,60,61)/b33-28+/t43-/m0/s1. The highest BCUT2D eigenvalue weighted by molar-refractivity contribution is 7.72. The van der Waals surface area contributed by atoms with Gasteiger partial charge in [0.1, 0.15) is 6.61 Å². The fourth-order valence-electron chi connectivity index (χ4n) is 7.48. The number of nitrogens with one attached hydrogen (secondary N) is 2. The van der Waals surface area contributed by atoms with Gasteiger partial charge >= 0.3 is 35.0 Å². The molecule has 0 saturated carbocycles. The Balaban J connectivity index is 4.69. The van der Waals surface area contributed by atoms with Gasteiger partial charge in [0, 0.05) is 38.8 Å². The Morgan fingerprint density at radius 2 is 0.971 bits per heavy atom. The van der Waals surface area contributed by atoms with Crippen molar-refractivity contribution in [2.45, 2.75) is 237 Å². The molecule has 0 rings (SSSR count). The Labute approximate surface area is 419 Å². The molecule has 22 heteroatoms. The van der Waals surface area contributed by atoms with Gasteiger partial charge in [-0.3, -0.25) is 37.4 Å². The summed E-state index contributed by atoms with van der Waals surface area (Å²) >= 11 is 0. The van der Waals surface area contributed by atoms with E-state index in [9.17, 15) is 62.4 Å². The van der Waals surface area contributed by atoms with E-state index in [0.29, 0.717) is 25.7 Å². The van der Waals surface area contributed by atoms with E-state index in [1.54, 1.807) is 0 Å². The number of unbranched alkanes of at least 4 members (excludes halogenated alkanes) is 25. The molecule has 0 radical (unpaired) electrons. The SMILES string of the molecule is CCCCCCCCCCCCCCCC(=O)OC[C@@H](COP(=O)(O)OCCNC(=O)CCC/C=C/C(=O)NCCCC(O)(P(=O)(O)O)P(=O)(O)O)OC(=O)CCCCCCCCCCCCCCC. The summed E-state index contributed by atoms with van der Waals surface area (Å²) < 4.78 is 56.6. The Kier molecular flexibility index (Phi) is 41.1. The predicted octanol–water partition coefficient (Wildman–Crippen LogP) is 10.3. The first kappa shape index (κ1) is 68.0. The van der Waals surface area contributed by atoms with Crippen molar-refractivity contribution in [2.75, 3.05) is 32.9 Å². The lowest BCUT2D eigenvalue weighted by atomic mass is 10.0. The molecular weight excluding hydrogens is 969 g/mol. The van der Waals surface area contributed by atoms with Crippen LogP contribution in [0, 0.1) is 0 Å². The summed E-state index contributed by atoms with van der Waals surface area (Å²) in [5.74, 6) is -2.02. The summed E-state index contributed by atoms with van der Waals surface area (Å²) in [6, 6.07) is 0. The first-order valence-electron chi connectivity index (χ1n) is 26.3. The summed E-state index contributed by atoms with van der Waals surface area (Å²) in [7, 11) is -15.9. The lowest BCUT2D eigenvalue weighted by molar-refractivity contribution is -0.161. The van der Waals surface area contributed by atoms with Gasteiger partial charge in [-0.25, -0.2) is 4.57 Å². The summed E-state index contributed by atoms with van der Waals surface area (Å²) in [5, 5.41) is 11.2. The molecule has 0 aromatic heterocycles. The Morgan fingerprint density at radius 1 is 0.529 bits per heavy atom. The molecule has 0 fully saturated rings. The number of hydrogen-bond donors (Lipinski definition) is 8. The van der Waals surface area contributed by atoms with Crippen LogP contribution in [0.5, 0.6) is 0 Å². The molecule has 0 aliphatic carbocycles. The van der Waals surface area contributed by atoms with Gasteiger partial charge in [0.2, 0.25) is 11.8 Å². The summed E-state index contributed by atoms with van der Waals surface area (Å²) in [4.78, 5) is 96.6. The van der Waals surface area contributed by atoms with Crippen LogP contribution in [0.15, 0.2) is 12.2 Å². The summed E-state index contributed by atoms with van der Waals surface area (Å²) in [6.45, 7) is 2.74. The topological polar surface area (TPSA) is 302 Å². The van der Waals surface area contributed by atoms with Crippen molar-refractivity contribution < 1.29 is 81.0 Å². The first-order valence-corrected chi connectivity index (χ1v) is 31.0. The van der Waals surface area contributed by atoms with Crippen LogP contribution in [0.3, 0.4) is 0 Å². The summed E-state index contributed by atoms with van der Waals surface area (Å²) in [5.41, 5.74) is 0. The number of ether oxygens (including phenoxy) is 2. The zero-order chi connectivity index (χ0) is 52.4. The monoisotopic (exact) mass is 1060 g/mol. The molecule has 2 atom stereocenters. The van der Waals surface area contributed by atoms with Gasteiger partial charge in [0.15, 0.2) is 6.10 Å². The molecule has 0 bridgehead atoms. The molecule has 0 saturated heterocycles. The number of carbonyl (C=O) groups excluding carboxylic acids is 4. The van der Waals surface area contributed by atoms with Crippen LogP contribution in [0.2, 0.25) is 0 Å². The van der Waals surface area contributed by atoms with Crippen LogP contribution in [0.25, 0.3) is 0 Å². The molecular formula is C48H93N2O17P3. The van der Waals surface area contributed by atoms with Crippen LogP contribution in [0.4, 0.5) is 0 Å². The smallest absolute Gasteiger partial charge is 0.462 e. The van der Waals surface area contributed by atoms with Crippen molar-refractivity contribution in [3.8, 4) is 0 Å². The Morgan fingerprint density at radius 3 is 1.43 bits per heavy atom. The van der Waals surface area contributed by atoms with Crippen molar-refractivity contribution in [1.82, 2.24) is 10.6 Å². The minimum absolute atomic E-state index is 0.0347. The highest BCUT2D eigenvalue weighted by Gasteiger charge is 2.58. The maximum absolute atomic E-state index is 12.8. The maximum atomic E-state index is 12.8. The molecule has 1 unspecified atom stereocenters. The van der Waals surface area contributed by atoms with Crippen LogP contribution >= 0.6 is 23.0 Å². The molecule has 0 spiro atoms. The zero-order valence-corrected chi connectivity index (χ0v) is 45.3. The lowest BCUT2D eigenvalue weighted by Crippen LogP contribution is -2.31. The average molecular weight is 1060 g/mol. The van der Waals surface area contributed by atoms with E-state index < -0.39 is 77.6 Å². The number of allylic oxidation sites excluding steroid dienone is 1. The molecule has 0 aliphatic heterocycles. The van der Waals surface area contributed by atoms with Crippen LogP contribution in [-0.2, 0) is 51.4 Å². The molecule has 0 heterocycles. The third-order valence-corrected chi connectivity index (χ3v) is 16.6. The van der Waals surface area contributed by atoms with E-state index in [-0.39, 0.29) is 45.4 Å². The third-order valence-electron chi connectivity index (χ3n) is 11.8. The molecule has 2 amide bonds. The van der Waals surface area contributed by atoms with Crippen molar-refractivity contribution in [2.24, 2.45) is 0 Å². The number of phosphoric acid groups is 1. The molecule has 8 N–H and O–H groups in total. The van der Waals surface area contributed by atoms with Gasteiger partial charge in [0.25, 0.3) is 5.08 Å². The van der Waals surface area contributed by atoms with Gasteiger partial charge in [0.05, 0.1) is 13.2 Å². The second kappa shape index (κ2) is 42.4. The molecule has 412 valence electrons. The van der Waals surface area contributed by atoms with Crippen molar-refractivity contribution in [1.29, 1.82) is 0 Å². The van der Waals surface area contributed by atoms with Crippen molar-refractivity contribution in [3.05, 3.63) is 12.2 Å². The fraction of sp³-hybridized carbons (Fsp3) is 0.875. The number of esters is 2. The fourth-order valence-corrected chi connectivity index (χ4v) is 10.5. The van der Waals surface area contributed by atoms with Crippen molar-refractivity contribution >= 4 is 46.8 Å². The van der Waals surface area contributed by atoms with E-state index in [0.717, 1.165) is 44.6 Å². The van der Waals surface area contributed by atoms with Crippen molar-refractivity contribution in [3.63, 3.8) is 0 Å². The van der Waals surface area contributed by atoms with Crippen LogP contribution in [0.1, 0.15) is 226 Å². The number of amides is 2. The van der Waals surface area contributed by atoms with E-state index in [4.69, 9.17) is 18.5 Å². The average Bonchev–Trinajstić information content (AvgIpc) is 3.29. The van der Waals surface area contributed by atoms with Crippen LogP contribution < -0.4 is 10.6 Å². The van der Waals surface area contributed by atoms with Gasteiger partial charge in [-0.15, -0.1) is 0 Å². The van der Waals surface area contributed by atoms with Gasteiger partial charge in [-0.2, -0.15) is 0 Å². The molecule has 0 aromatic carbocycles. The van der Waals surface area contributed by atoms with Gasteiger partial charge in [-0.05, 0) is 38.2 Å². The highest BCUT2D eigenvalue weighted by atomic mass is 31.2. The van der Waals surface area contributed by atoms with Crippen LogP contribution in [-0.4, -0.2) is 97.4 Å². The predicted molar refractivity (Wildman–Crippen MR) is 270 cm³/mol. The van der Waals surface area contributed by atoms with Gasteiger partial charge in [-0.1, -0.05) is 174 Å². The normalized spacial score (nSPS) is 13.5. The maximum Gasteiger partial charge on any atom is 0.472 e. The first-order chi connectivity index (χ1) is 33.3. The Hall–Kier alpha value is -2.01. The lowest BCUT2D eigenvalue weighted by Gasteiger charge is -2.29. The zero-order valence-electron chi connectivity index (χ0n) is 42.6. The Bertz CT molecular complexity index is 1540. The number of rotatable bonds is 49. The largest absolute Gasteiger partial charge is 0.472 e. The third kappa shape index (κ3) is 38.6. The van der Waals surface area contributed by atoms with E-state index in [2.05, 4.69) is 24.5 Å². The highest BCUT2D eigenvalue weighted by Crippen LogP contribution is 2.69.